The Labute approximate surface area is 156 Å². The minimum Gasteiger partial charge on any atom is -0.383 e. The average molecular weight is 368 g/mol. The maximum Gasteiger partial charge on any atom is 0.255 e. The van der Waals surface area contributed by atoms with E-state index in [4.69, 9.17) is 23.1 Å². The lowest BCUT2D eigenvalue weighted by atomic mass is 10.0. The van der Waals surface area contributed by atoms with Gasteiger partial charge in [0.2, 0.25) is 5.95 Å². The number of aromatic nitrogens is 2. The number of amides is 1. The first-order chi connectivity index (χ1) is 12.5. The molecule has 3 aromatic rings. The van der Waals surface area contributed by atoms with Gasteiger partial charge in [0.1, 0.15) is 5.82 Å². The Balaban J connectivity index is 2.00. The molecule has 2 aromatic carbocycles. The molecule has 1 heterocycles. The molecule has 0 saturated carbocycles. The topological polar surface area (TPSA) is 107 Å². The monoisotopic (exact) mass is 367 g/mol. The van der Waals surface area contributed by atoms with Crippen LogP contribution in [-0.2, 0) is 6.42 Å². The lowest BCUT2D eigenvalue weighted by molar-refractivity contribution is 0.102. The zero-order valence-electron chi connectivity index (χ0n) is 14.2. The van der Waals surface area contributed by atoms with Crippen LogP contribution in [0.15, 0.2) is 48.5 Å². The van der Waals surface area contributed by atoms with Gasteiger partial charge in [-0.25, -0.2) is 4.98 Å². The summed E-state index contributed by atoms with van der Waals surface area (Å²) in [6.07, 6.45) is 0.639. The van der Waals surface area contributed by atoms with E-state index in [2.05, 4.69) is 15.3 Å². The second kappa shape index (κ2) is 7.41. The summed E-state index contributed by atoms with van der Waals surface area (Å²) in [6, 6.07) is 14.2. The second-order valence-electron chi connectivity index (χ2n) is 5.66. The molecule has 0 atom stereocenters. The SMILES string of the molecule is CCc1nc(N)nc(N)c1-c1ccc(Cl)c(NC(=O)c2ccccc2)c1. The molecule has 0 unspecified atom stereocenters. The number of hydrogen-bond donors (Lipinski definition) is 3. The summed E-state index contributed by atoms with van der Waals surface area (Å²) in [7, 11) is 0. The molecule has 1 aromatic heterocycles. The molecule has 26 heavy (non-hydrogen) atoms. The third kappa shape index (κ3) is 3.60. The highest BCUT2D eigenvalue weighted by atomic mass is 35.5. The Bertz CT molecular complexity index is 960. The fourth-order valence-corrected chi connectivity index (χ4v) is 2.84. The van der Waals surface area contributed by atoms with Gasteiger partial charge in [-0.3, -0.25) is 4.79 Å². The molecule has 0 aliphatic rings. The Kier molecular flexibility index (Phi) is 5.04. The zero-order valence-corrected chi connectivity index (χ0v) is 14.9. The third-order valence-electron chi connectivity index (χ3n) is 3.90. The van der Waals surface area contributed by atoms with Crippen molar-refractivity contribution in [2.24, 2.45) is 0 Å². The summed E-state index contributed by atoms with van der Waals surface area (Å²) in [6.45, 7) is 1.96. The number of benzene rings is 2. The number of nitrogen functional groups attached to an aromatic ring is 2. The molecule has 0 aliphatic heterocycles. The Morgan fingerprint density at radius 3 is 2.54 bits per heavy atom. The smallest absolute Gasteiger partial charge is 0.255 e. The van der Waals surface area contributed by atoms with Crippen LogP contribution in [0.5, 0.6) is 0 Å². The van der Waals surface area contributed by atoms with Gasteiger partial charge in [0.25, 0.3) is 5.91 Å². The summed E-state index contributed by atoms with van der Waals surface area (Å²) in [4.78, 5) is 20.7. The van der Waals surface area contributed by atoms with Crippen molar-refractivity contribution < 1.29 is 4.79 Å². The molecule has 0 aliphatic carbocycles. The van der Waals surface area contributed by atoms with Crippen LogP contribution >= 0.6 is 11.6 Å². The minimum absolute atomic E-state index is 0.134. The van der Waals surface area contributed by atoms with Gasteiger partial charge in [-0.05, 0) is 36.2 Å². The number of nitrogens with one attached hydrogen (secondary N) is 1. The molecule has 6 nitrogen and oxygen atoms in total. The minimum atomic E-state index is -0.248. The number of anilines is 3. The van der Waals surface area contributed by atoms with Crippen LogP contribution in [0.25, 0.3) is 11.1 Å². The number of carbonyl (C=O) groups excluding carboxylic acids is 1. The Morgan fingerprint density at radius 2 is 1.85 bits per heavy atom. The van der Waals surface area contributed by atoms with E-state index >= 15 is 0 Å². The van der Waals surface area contributed by atoms with Gasteiger partial charge in [0.15, 0.2) is 0 Å². The fourth-order valence-electron chi connectivity index (χ4n) is 2.68. The van der Waals surface area contributed by atoms with Crippen molar-refractivity contribution in [2.75, 3.05) is 16.8 Å². The van der Waals surface area contributed by atoms with Gasteiger partial charge in [-0.15, -0.1) is 0 Å². The molecule has 3 rings (SSSR count). The first kappa shape index (κ1) is 17.7. The predicted octanol–water partition coefficient (Wildman–Crippen LogP) is 3.78. The van der Waals surface area contributed by atoms with Crippen LogP contribution in [0.1, 0.15) is 23.0 Å². The molecule has 7 heteroatoms. The summed E-state index contributed by atoms with van der Waals surface area (Å²) < 4.78 is 0. The van der Waals surface area contributed by atoms with Crippen molar-refractivity contribution >= 4 is 35.0 Å². The number of halogens is 1. The predicted molar refractivity (Wildman–Crippen MR) is 105 cm³/mol. The van der Waals surface area contributed by atoms with Gasteiger partial charge >= 0.3 is 0 Å². The molecule has 0 radical (unpaired) electrons. The Morgan fingerprint density at radius 1 is 1.12 bits per heavy atom. The van der Waals surface area contributed by atoms with Crippen LogP contribution in [-0.4, -0.2) is 15.9 Å². The summed E-state index contributed by atoms with van der Waals surface area (Å²) in [5, 5.41) is 3.25. The third-order valence-corrected chi connectivity index (χ3v) is 4.23. The molecule has 0 fully saturated rings. The fraction of sp³-hybridized carbons (Fsp3) is 0.105. The van der Waals surface area contributed by atoms with Crippen LogP contribution in [0.4, 0.5) is 17.5 Å². The lowest BCUT2D eigenvalue weighted by Crippen LogP contribution is -2.12. The van der Waals surface area contributed by atoms with E-state index in [0.717, 1.165) is 11.3 Å². The van der Waals surface area contributed by atoms with E-state index in [1.165, 1.54) is 0 Å². The number of nitrogens with zero attached hydrogens (tertiary/aromatic N) is 2. The van der Waals surface area contributed by atoms with E-state index in [-0.39, 0.29) is 17.7 Å². The summed E-state index contributed by atoms with van der Waals surface area (Å²) in [5.41, 5.74) is 14.9. The van der Waals surface area contributed by atoms with Crippen molar-refractivity contribution in [1.82, 2.24) is 9.97 Å². The second-order valence-corrected chi connectivity index (χ2v) is 6.06. The van der Waals surface area contributed by atoms with E-state index < -0.39 is 0 Å². The number of rotatable bonds is 4. The molecular formula is C19H18ClN5O. The van der Waals surface area contributed by atoms with Gasteiger partial charge in [-0.1, -0.05) is 42.8 Å². The van der Waals surface area contributed by atoms with Gasteiger partial charge < -0.3 is 16.8 Å². The lowest BCUT2D eigenvalue weighted by Gasteiger charge is -2.13. The number of hydrogen-bond acceptors (Lipinski definition) is 5. The van der Waals surface area contributed by atoms with Gasteiger partial charge in [0.05, 0.1) is 16.4 Å². The van der Waals surface area contributed by atoms with Crippen molar-refractivity contribution in [3.63, 3.8) is 0 Å². The van der Waals surface area contributed by atoms with Gasteiger partial charge in [-0.2, -0.15) is 4.98 Å². The standard InChI is InChI=1S/C19H18ClN5O/c1-2-14-16(17(21)25-19(22)24-14)12-8-9-13(20)15(10-12)23-18(26)11-6-4-3-5-7-11/h3-10H,2H2,1H3,(H,23,26)(H4,21,22,24,25). The van der Waals surface area contributed by atoms with E-state index in [1.54, 1.807) is 36.4 Å². The largest absolute Gasteiger partial charge is 0.383 e. The molecule has 0 bridgehead atoms. The average Bonchev–Trinajstić information content (AvgIpc) is 2.63. The first-order valence-electron chi connectivity index (χ1n) is 8.07. The van der Waals surface area contributed by atoms with E-state index in [0.29, 0.717) is 28.3 Å². The van der Waals surface area contributed by atoms with Gasteiger partial charge in [0, 0.05) is 11.1 Å². The quantitative estimate of drug-likeness (QED) is 0.650. The highest BCUT2D eigenvalue weighted by Crippen LogP contribution is 2.33. The number of carbonyl (C=O) groups is 1. The van der Waals surface area contributed by atoms with Crippen LogP contribution in [0.2, 0.25) is 5.02 Å². The van der Waals surface area contributed by atoms with Crippen LogP contribution in [0, 0.1) is 0 Å². The molecule has 0 saturated heterocycles. The van der Waals surface area contributed by atoms with Crippen LogP contribution in [0.3, 0.4) is 0 Å². The summed E-state index contributed by atoms with van der Waals surface area (Å²) >= 11 is 6.26. The molecule has 1 amide bonds. The maximum atomic E-state index is 12.4. The van der Waals surface area contributed by atoms with E-state index in [1.807, 2.05) is 19.1 Å². The zero-order chi connectivity index (χ0) is 18.7. The summed E-state index contributed by atoms with van der Waals surface area (Å²) in [5.74, 6) is 0.175. The van der Waals surface area contributed by atoms with Crippen LogP contribution < -0.4 is 16.8 Å². The molecular weight excluding hydrogens is 350 g/mol. The highest BCUT2D eigenvalue weighted by Gasteiger charge is 2.15. The molecule has 0 spiro atoms. The highest BCUT2D eigenvalue weighted by molar-refractivity contribution is 6.34. The number of nitrogens with two attached hydrogens (primary N) is 2. The number of aryl methyl sites for hydroxylation is 1. The van der Waals surface area contributed by atoms with Crippen molar-refractivity contribution in [2.45, 2.75) is 13.3 Å². The maximum absolute atomic E-state index is 12.4. The van der Waals surface area contributed by atoms with Crippen molar-refractivity contribution in [3.8, 4) is 11.1 Å². The Hall–Kier alpha value is -3.12. The normalized spacial score (nSPS) is 10.5. The van der Waals surface area contributed by atoms with E-state index in [9.17, 15) is 4.79 Å². The van der Waals surface area contributed by atoms with Crippen molar-refractivity contribution in [1.29, 1.82) is 0 Å². The first-order valence-corrected chi connectivity index (χ1v) is 8.45. The molecule has 132 valence electrons. The molecule has 5 N–H and O–H groups in total. The van der Waals surface area contributed by atoms with Crippen molar-refractivity contribution in [3.05, 3.63) is 64.8 Å².